The highest BCUT2D eigenvalue weighted by atomic mass is 16.6. The lowest BCUT2D eigenvalue weighted by Crippen LogP contribution is -2.47. The fraction of sp³-hybridized carbons (Fsp3) is 0.500. The van der Waals surface area contributed by atoms with Gasteiger partial charge < -0.3 is 14.4 Å². The van der Waals surface area contributed by atoms with E-state index in [0.29, 0.717) is 0 Å². The molecule has 2 aromatic rings. The number of nitrogens with zero attached hydrogens (tertiary/aromatic N) is 2. The summed E-state index contributed by atoms with van der Waals surface area (Å²) in [5, 5.41) is 0. The van der Waals surface area contributed by atoms with Gasteiger partial charge in [0.25, 0.3) is 0 Å². The van der Waals surface area contributed by atoms with E-state index in [1.165, 1.54) is 4.90 Å². The van der Waals surface area contributed by atoms with Gasteiger partial charge in [0.1, 0.15) is 17.7 Å². The van der Waals surface area contributed by atoms with Crippen molar-refractivity contribution in [2.75, 3.05) is 13.1 Å². The lowest BCUT2D eigenvalue weighted by atomic mass is 10.1. The van der Waals surface area contributed by atoms with Crippen molar-refractivity contribution >= 4 is 18.0 Å². The van der Waals surface area contributed by atoms with Gasteiger partial charge in [0.15, 0.2) is 0 Å². The lowest BCUT2D eigenvalue weighted by Gasteiger charge is -2.35. The first-order chi connectivity index (χ1) is 17.2. The number of benzene rings is 2. The molecule has 0 fully saturated rings. The van der Waals surface area contributed by atoms with E-state index in [2.05, 4.69) is 0 Å². The van der Waals surface area contributed by atoms with E-state index in [4.69, 9.17) is 9.47 Å². The van der Waals surface area contributed by atoms with Crippen LogP contribution < -0.4 is 0 Å². The molecule has 0 aliphatic rings. The molecule has 0 saturated carbocycles. The van der Waals surface area contributed by atoms with E-state index >= 15 is 0 Å². The third kappa shape index (κ3) is 9.90. The number of amides is 2. The molecule has 2 aromatic carbocycles. The summed E-state index contributed by atoms with van der Waals surface area (Å²) in [4.78, 5) is 42.6. The zero-order chi connectivity index (χ0) is 27.8. The Hall–Kier alpha value is -3.35. The zero-order valence-electron chi connectivity index (χ0n) is 23.5. The molecule has 2 amide bonds. The average molecular weight is 511 g/mol. The van der Waals surface area contributed by atoms with E-state index in [0.717, 1.165) is 11.1 Å². The number of carbonyl (C=O) groups excluding carboxylic acids is 3. The number of rotatable bonds is 9. The fourth-order valence-electron chi connectivity index (χ4n) is 3.88. The van der Waals surface area contributed by atoms with Crippen LogP contribution in [-0.4, -0.2) is 52.1 Å². The average Bonchev–Trinajstić information content (AvgIpc) is 2.81. The fourth-order valence-corrected chi connectivity index (χ4v) is 3.88. The quantitative estimate of drug-likeness (QED) is 0.370. The standard InChI is InChI=1S/C30H42N2O5/c1-22(24-15-11-9-12-16-24)31(20-19-27(34)36-29(3,4)5)26(33)21-32(28(35)37-30(6,7)8)23(2)25-17-13-10-14-18-25/h9-18,22-23H,19-21H2,1-8H3/t22-,23-/m0/s1. The monoisotopic (exact) mass is 510 g/mol. The van der Waals surface area contributed by atoms with Crippen molar-refractivity contribution in [2.24, 2.45) is 0 Å². The molecule has 0 aliphatic carbocycles. The second-order valence-corrected chi connectivity index (χ2v) is 11.2. The van der Waals surface area contributed by atoms with Gasteiger partial charge in [-0.15, -0.1) is 0 Å². The summed E-state index contributed by atoms with van der Waals surface area (Å²) in [6, 6.07) is 18.4. The Morgan fingerprint density at radius 2 is 1.14 bits per heavy atom. The minimum absolute atomic E-state index is 0.0425. The summed E-state index contributed by atoms with van der Waals surface area (Å²) in [6.07, 6.45) is -0.530. The van der Waals surface area contributed by atoms with Gasteiger partial charge in [0.05, 0.1) is 18.5 Å². The molecule has 0 unspecified atom stereocenters. The van der Waals surface area contributed by atoms with Crippen molar-refractivity contribution in [3.8, 4) is 0 Å². The van der Waals surface area contributed by atoms with Crippen LogP contribution in [0.4, 0.5) is 4.79 Å². The Labute approximate surface area is 221 Å². The van der Waals surface area contributed by atoms with Crippen LogP contribution in [0.5, 0.6) is 0 Å². The largest absolute Gasteiger partial charge is 0.460 e. The number of carbonyl (C=O) groups is 3. The number of hydrogen-bond donors (Lipinski definition) is 0. The van der Waals surface area contributed by atoms with Gasteiger partial charge in [-0.05, 0) is 66.5 Å². The van der Waals surface area contributed by atoms with Crippen LogP contribution in [0.25, 0.3) is 0 Å². The van der Waals surface area contributed by atoms with Crippen molar-refractivity contribution in [1.29, 1.82) is 0 Å². The highest BCUT2D eigenvalue weighted by Crippen LogP contribution is 2.25. The van der Waals surface area contributed by atoms with Crippen LogP contribution in [0.2, 0.25) is 0 Å². The van der Waals surface area contributed by atoms with E-state index < -0.39 is 23.3 Å². The van der Waals surface area contributed by atoms with Crippen LogP contribution in [0.3, 0.4) is 0 Å². The summed E-state index contributed by atoms with van der Waals surface area (Å²) < 4.78 is 11.1. The predicted molar refractivity (Wildman–Crippen MR) is 145 cm³/mol. The number of esters is 1. The van der Waals surface area contributed by atoms with Crippen molar-refractivity contribution in [3.05, 3.63) is 71.8 Å². The predicted octanol–water partition coefficient (Wildman–Crippen LogP) is 6.31. The van der Waals surface area contributed by atoms with Gasteiger partial charge in [0.2, 0.25) is 5.91 Å². The van der Waals surface area contributed by atoms with Gasteiger partial charge in [0, 0.05) is 6.54 Å². The third-order valence-corrected chi connectivity index (χ3v) is 5.73. The van der Waals surface area contributed by atoms with Gasteiger partial charge in [-0.3, -0.25) is 14.5 Å². The first kappa shape index (κ1) is 29.9. The van der Waals surface area contributed by atoms with E-state index in [9.17, 15) is 14.4 Å². The van der Waals surface area contributed by atoms with Crippen molar-refractivity contribution in [1.82, 2.24) is 9.80 Å². The summed E-state index contributed by atoms with van der Waals surface area (Å²) in [6.45, 7) is 14.6. The first-order valence-electron chi connectivity index (χ1n) is 12.8. The number of ether oxygens (including phenoxy) is 2. The highest BCUT2D eigenvalue weighted by Gasteiger charge is 2.32. The Morgan fingerprint density at radius 1 is 0.703 bits per heavy atom. The molecule has 0 bridgehead atoms. The molecule has 7 nitrogen and oxygen atoms in total. The smallest absolute Gasteiger partial charge is 0.411 e. The summed E-state index contributed by atoms with van der Waals surface area (Å²) >= 11 is 0. The topological polar surface area (TPSA) is 76.2 Å². The molecule has 0 spiro atoms. The molecule has 2 rings (SSSR count). The van der Waals surface area contributed by atoms with Crippen LogP contribution in [0.15, 0.2) is 60.7 Å². The van der Waals surface area contributed by atoms with E-state index in [-0.39, 0.29) is 37.4 Å². The second kappa shape index (κ2) is 12.7. The molecule has 2 atom stereocenters. The molecule has 0 aliphatic heterocycles. The summed E-state index contributed by atoms with van der Waals surface area (Å²) in [5.74, 6) is -0.666. The maximum atomic E-state index is 13.8. The highest BCUT2D eigenvalue weighted by molar-refractivity contribution is 5.83. The molecular weight excluding hydrogens is 468 g/mol. The molecule has 37 heavy (non-hydrogen) atoms. The molecule has 202 valence electrons. The van der Waals surface area contributed by atoms with Gasteiger partial charge >= 0.3 is 12.1 Å². The Bertz CT molecular complexity index is 1030. The summed E-state index contributed by atoms with van der Waals surface area (Å²) in [7, 11) is 0. The second-order valence-electron chi connectivity index (χ2n) is 11.2. The molecule has 7 heteroatoms. The van der Waals surface area contributed by atoms with Crippen molar-refractivity contribution < 1.29 is 23.9 Å². The first-order valence-corrected chi connectivity index (χ1v) is 12.8. The van der Waals surface area contributed by atoms with Gasteiger partial charge in [-0.1, -0.05) is 60.7 Å². The third-order valence-electron chi connectivity index (χ3n) is 5.73. The van der Waals surface area contributed by atoms with Gasteiger partial charge in [-0.25, -0.2) is 4.79 Å². The maximum Gasteiger partial charge on any atom is 0.411 e. The molecular formula is C30H42N2O5. The van der Waals surface area contributed by atoms with E-state index in [1.54, 1.807) is 25.7 Å². The minimum atomic E-state index is -0.720. The van der Waals surface area contributed by atoms with Crippen molar-refractivity contribution in [2.45, 2.75) is 85.1 Å². The normalized spacial score (nSPS) is 13.3. The zero-order valence-corrected chi connectivity index (χ0v) is 23.5. The molecule has 0 heterocycles. The van der Waals surface area contributed by atoms with Crippen LogP contribution >= 0.6 is 0 Å². The van der Waals surface area contributed by atoms with Gasteiger partial charge in [-0.2, -0.15) is 0 Å². The van der Waals surface area contributed by atoms with Crippen LogP contribution in [0, 0.1) is 0 Å². The van der Waals surface area contributed by atoms with Crippen LogP contribution in [0.1, 0.15) is 85.0 Å². The summed E-state index contributed by atoms with van der Waals surface area (Å²) in [5.41, 5.74) is 0.482. The Balaban J connectivity index is 2.34. The molecule has 0 saturated heterocycles. The van der Waals surface area contributed by atoms with Crippen LogP contribution in [-0.2, 0) is 19.1 Å². The Morgan fingerprint density at radius 3 is 1.57 bits per heavy atom. The SMILES string of the molecule is C[C@@H](c1ccccc1)N(CCC(=O)OC(C)(C)C)C(=O)CN(C(=O)OC(C)(C)C)[C@@H](C)c1ccccc1. The minimum Gasteiger partial charge on any atom is -0.460 e. The maximum absolute atomic E-state index is 13.8. The Kier molecular flexibility index (Phi) is 10.3. The van der Waals surface area contributed by atoms with E-state index in [1.807, 2.05) is 95.3 Å². The molecule has 0 radical (unpaired) electrons. The number of hydrogen-bond acceptors (Lipinski definition) is 5. The van der Waals surface area contributed by atoms with Crippen molar-refractivity contribution in [3.63, 3.8) is 0 Å². The molecule has 0 aromatic heterocycles. The molecule has 0 N–H and O–H groups in total. The lowest BCUT2D eigenvalue weighted by molar-refractivity contribution is -0.155.